The lowest BCUT2D eigenvalue weighted by molar-refractivity contribution is 0.348. The standard InChI is InChI=1S/C13H16FN3O/c1-8-4-9(6-10(14)5-8)12-16-11(18-17-12)7-13(2,3)15/h4-6H,7,15H2,1-3H3. The van der Waals surface area contributed by atoms with E-state index in [-0.39, 0.29) is 5.82 Å². The van der Waals surface area contributed by atoms with Crippen LogP contribution in [0.5, 0.6) is 0 Å². The Labute approximate surface area is 105 Å². The molecule has 1 aromatic heterocycles. The molecule has 0 amide bonds. The summed E-state index contributed by atoms with van der Waals surface area (Å²) in [4.78, 5) is 4.22. The number of nitrogens with two attached hydrogens (primary N) is 1. The Hall–Kier alpha value is -1.75. The molecule has 0 aliphatic heterocycles. The third-order valence-electron chi connectivity index (χ3n) is 2.38. The molecule has 0 saturated carbocycles. The van der Waals surface area contributed by atoms with Crippen LogP contribution in [-0.2, 0) is 6.42 Å². The van der Waals surface area contributed by atoms with Crippen LogP contribution in [0.2, 0.25) is 0 Å². The van der Waals surface area contributed by atoms with E-state index in [2.05, 4.69) is 10.1 Å². The average molecular weight is 249 g/mol. The van der Waals surface area contributed by atoms with Crippen molar-refractivity contribution in [3.63, 3.8) is 0 Å². The van der Waals surface area contributed by atoms with Crippen LogP contribution >= 0.6 is 0 Å². The molecule has 0 radical (unpaired) electrons. The van der Waals surface area contributed by atoms with Gasteiger partial charge in [-0.1, -0.05) is 5.16 Å². The van der Waals surface area contributed by atoms with Crippen molar-refractivity contribution in [2.75, 3.05) is 0 Å². The molecule has 0 unspecified atom stereocenters. The van der Waals surface area contributed by atoms with E-state index >= 15 is 0 Å². The molecule has 18 heavy (non-hydrogen) atoms. The Morgan fingerprint density at radius 2 is 2.06 bits per heavy atom. The fourth-order valence-electron chi connectivity index (χ4n) is 1.70. The third-order valence-corrected chi connectivity index (χ3v) is 2.38. The highest BCUT2D eigenvalue weighted by Gasteiger charge is 2.17. The van der Waals surface area contributed by atoms with Crippen molar-refractivity contribution >= 4 is 0 Å². The molecule has 0 bridgehead atoms. The summed E-state index contributed by atoms with van der Waals surface area (Å²) in [5.41, 5.74) is 6.88. The summed E-state index contributed by atoms with van der Waals surface area (Å²) >= 11 is 0. The maximum atomic E-state index is 13.3. The molecule has 0 spiro atoms. The molecule has 96 valence electrons. The van der Waals surface area contributed by atoms with Gasteiger partial charge in [-0.05, 0) is 44.5 Å². The topological polar surface area (TPSA) is 64.9 Å². The number of nitrogens with zero attached hydrogens (tertiary/aromatic N) is 2. The van der Waals surface area contributed by atoms with Crippen LogP contribution in [0.25, 0.3) is 11.4 Å². The highest BCUT2D eigenvalue weighted by molar-refractivity contribution is 5.55. The van der Waals surface area contributed by atoms with Gasteiger partial charge in [-0.25, -0.2) is 4.39 Å². The number of halogens is 1. The van der Waals surface area contributed by atoms with Crippen molar-refractivity contribution in [3.05, 3.63) is 35.5 Å². The zero-order valence-electron chi connectivity index (χ0n) is 10.7. The minimum Gasteiger partial charge on any atom is -0.339 e. The number of benzene rings is 1. The van der Waals surface area contributed by atoms with Crippen LogP contribution < -0.4 is 5.73 Å². The number of hydrogen-bond acceptors (Lipinski definition) is 4. The van der Waals surface area contributed by atoms with E-state index in [1.807, 2.05) is 26.8 Å². The van der Waals surface area contributed by atoms with E-state index in [9.17, 15) is 4.39 Å². The third kappa shape index (κ3) is 3.13. The lowest BCUT2D eigenvalue weighted by Gasteiger charge is -2.14. The predicted octanol–water partition coefficient (Wildman–Crippen LogP) is 2.46. The van der Waals surface area contributed by atoms with E-state index in [4.69, 9.17) is 10.3 Å². The van der Waals surface area contributed by atoms with Gasteiger partial charge in [0.2, 0.25) is 11.7 Å². The molecular weight excluding hydrogens is 233 g/mol. The molecule has 2 aromatic rings. The van der Waals surface area contributed by atoms with Crippen molar-refractivity contribution in [1.82, 2.24) is 10.1 Å². The van der Waals surface area contributed by atoms with Gasteiger partial charge in [-0.15, -0.1) is 0 Å². The van der Waals surface area contributed by atoms with Gasteiger partial charge in [0, 0.05) is 17.5 Å². The second kappa shape index (κ2) is 4.49. The van der Waals surface area contributed by atoms with Crippen LogP contribution in [0, 0.1) is 12.7 Å². The first kappa shape index (κ1) is 12.7. The van der Waals surface area contributed by atoms with E-state index in [1.54, 1.807) is 0 Å². The van der Waals surface area contributed by atoms with Crippen molar-refractivity contribution in [2.24, 2.45) is 5.73 Å². The van der Waals surface area contributed by atoms with E-state index < -0.39 is 5.54 Å². The Balaban J connectivity index is 2.29. The SMILES string of the molecule is Cc1cc(F)cc(-c2noc(CC(C)(C)N)n2)c1. The summed E-state index contributed by atoms with van der Waals surface area (Å²) in [6.45, 7) is 5.57. The van der Waals surface area contributed by atoms with E-state index in [1.165, 1.54) is 12.1 Å². The smallest absolute Gasteiger partial charge is 0.228 e. The molecular formula is C13H16FN3O. The number of aryl methyl sites for hydroxylation is 1. The zero-order valence-corrected chi connectivity index (χ0v) is 10.7. The number of hydrogen-bond donors (Lipinski definition) is 1. The monoisotopic (exact) mass is 249 g/mol. The normalized spacial score (nSPS) is 11.8. The quantitative estimate of drug-likeness (QED) is 0.907. The number of rotatable bonds is 3. The van der Waals surface area contributed by atoms with Gasteiger partial charge in [0.15, 0.2) is 0 Å². The number of aromatic nitrogens is 2. The summed E-state index contributed by atoms with van der Waals surface area (Å²) in [5.74, 6) is 0.534. The minimum absolute atomic E-state index is 0.310. The molecule has 4 nitrogen and oxygen atoms in total. The van der Waals surface area contributed by atoms with Gasteiger partial charge in [0.05, 0.1) is 0 Å². The highest BCUT2D eigenvalue weighted by Crippen LogP contribution is 2.20. The van der Waals surface area contributed by atoms with Crippen molar-refractivity contribution in [1.29, 1.82) is 0 Å². The fourth-order valence-corrected chi connectivity index (χ4v) is 1.70. The molecule has 0 fully saturated rings. The molecule has 1 aromatic carbocycles. The maximum absolute atomic E-state index is 13.3. The highest BCUT2D eigenvalue weighted by atomic mass is 19.1. The Morgan fingerprint density at radius 1 is 1.33 bits per heavy atom. The fraction of sp³-hybridized carbons (Fsp3) is 0.385. The summed E-state index contributed by atoms with van der Waals surface area (Å²) < 4.78 is 18.4. The lowest BCUT2D eigenvalue weighted by atomic mass is 10.0. The largest absolute Gasteiger partial charge is 0.339 e. The van der Waals surface area contributed by atoms with Gasteiger partial charge in [0.1, 0.15) is 5.82 Å². The van der Waals surface area contributed by atoms with Crippen LogP contribution in [0.3, 0.4) is 0 Å². The summed E-state index contributed by atoms with van der Waals surface area (Å²) in [6, 6.07) is 4.65. The van der Waals surface area contributed by atoms with Gasteiger partial charge in [-0.2, -0.15) is 4.98 Å². The summed E-state index contributed by atoms with van der Waals surface area (Å²) in [6.07, 6.45) is 0.480. The lowest BCUT2D eigenvalue weighted by Crippen LogP contribution is -2.34. The van der Waals surface area contributed by atoms with Crippen molar-refractivity contribution in [2.45, 2.75) is 32.7 Å². The minimum atomic E-state index is -0.415. The van der Waals surface area contributed by atoms with Gasteiger partial charge < -0.3 is 10.3 Å². The van der Waals surface area contributed by atoms with Gasteiger partial charge in [-0.3, -0.25) is 0 Å². The van der Waals surface area contributed by atoms with Crippen LogP contribution in [-0.4, -0.2) is 15.7 Å². The van der Waals surface area contributed by atoms with Crippen LogP contribution in [0.1, 0.15) is 25.3 Å². The summed E-state index contributed by atoms with van der Waals surface area (Å²) in [7, 11) is 0. The molecule has 0 atom stereocenters. The van der Waals surface area contributed by atoms with E-state index in [0.29, 0.717) is 23.7 Å². The second-order valence-electron chi connectivity index (χ2n) is 5.19. The first-order chi connectivity index (χ1) is 8.33. The Bertz CT molecular complexity index is 537. The predicted molar refractivity (Wildman–Crippen MR) is 66.4 cm³/mol. The Kier molecular flexibility index (Phi) is 3.17. The molecule has 2 N–H and O–H groups in total. The van der Waals surface area contributed by atoms with Crippen molar-refractivity contribution < 1.29 is 8.91 Å². The molecule has 0 aliphatic rings. The van der Waals surface area contributed by atoms with Gasteiger partial charge >= 0.3 is 0 Å². The molecule has 0 saturated heterocycles. The Morgan fingerprint density at radius 3 is 2.67 bits per heavy atom. The summed E-state index contributed by atoms with van der Waals surface area (Å²) in [5, 5.41) is 3.84. The first-order valence-corrected chi connectivity index (χ1v) is 5.72. The van der Waals surface area contributed by atoms with Crippen molar-refractivity contribution in [3.8, 4) is 11.4 Å². The van der Waals surface area contributed by atoms with Gasteiger partial charge in [0.25, 0.3) is 0 Å². The average Bonchev–Trinajstić information content (AvgIpc) is 2.61. The van der Waals surface area contributed by atoms with E-state index in [0.717, 1.165) is 5.56 Å². The molecule has 5 heteroatoms. The second-order valence-corrected chi connectivity index (χ2v) is 5.19. The molecule has 1 heterocycles. The molecule has 2 rings (SSSR count). The zero-order chi connectivity index (χ0) is 13.3. The maximum Gasteiger partial charge on any atom is 0.228 e. The first-order valence-electron chi connectivity index (χ1n) is 5.72. The van der Waals surface area contributed by atoms with Crippen LogP contribution in [0.4, 0.5) is 4.39 Å². The van der Waals surface area contributed by atoms with Crippen LogP contribution in [0.15, 0.2) is 22.7 Å². The molecule has 0 aliphatic carbocycles.